The van der Waals surface area contributed by atoms with Gasteiger partial charge in [-0.15, -0.1) is 0 Å². The van der Waals surface area contributed by atoms with Crippen molar-refractivity contribution >= 4 is 5.69 Å². The lowest BCUT2D eigenvalue weighted by Gasteiger charge is -2.22. The van der Waals surface area contributed by atoms with Crippen molar-refractivity contribution in [1.82, 2.24) is 0 Å². The van der Waals surface area contributed by atoms with Crippen LogP contribution < -0.4 is 14.8 Å². The average Bonchev–Trinajstić information content (AvgIpc) is 2.45. The molecule has 0 amide bonds. The van der Waals surface area contributed by atoms with Gasteiger partial charge in [-0.25, -0.2) is 0 Å². The molecule has 4 heteroatoms. The fraction of sp³-hybridized carbons (Fsp3) is 0.571. The largest absolute Gasteiger partial charge is 0.497 e. The minimum absolute atomic E-state index is 0.691. The van der Waals surface area contributed by atoms with E-state index in [1.165, 1.54) is 0 Å². The van der Waals surface area contributed by atoms with Crippen molar-refractivity contribution in [3.8, 4) is 11.5 Å². The molecule has 4 nitrogen and oxygen atoms in total. The minimum atomic E-state index is 0.691. The Morgan fingerprint density at radius 1 is 1.11 bits per heavy atom. The Bertz CT molecular complexity index is 353. The molecule has 0 unspecified atom stereocenters. The first-order chi connectivity index (χ1) is 8.81. The molecule has 2 rings (SSSR count). The number of anilines is 1. The van der Waals surface area contributed by atoms with Gasteiger partial charge in [0.15, 0.2) is 0 Å². The molecule has 1 heterocycles. The smallest absolute Gasteiger partial charge is 0.124 e. The first kappa shape index (κ1) is 13.0. The topological polar surface area (TPSA) is 39.7 Å². The van der Waals surface area contributed by atoms with Crippen molar-refractivity contribution in [3.05, 3.63) is 18.2 Å². The molecule has 0 bridgehead atoms. The lowest BCUT2D eigenvalue weighted by molar-refractivity contribution is 0.0699. The number of benzene rings is 1. The molecule has 1 aliphatic rings. The highest BCUT2D eigenvalue weighted by molar-refractivity contribution is 5.53. The Morgan fingerprint density at radius 2 is 1.72 bits per heavy atom. The standard InChI is InChI=1S/C14H21NO3/c1-16-13-7-12(8-14(9-13)17-2)15-10-11-3-5-18-6-4-11/h7-9,11,15H,3-6,10H2,1-2H3. The van der Waals surface area contributed by atoms with Gasteiger partial charge in [-0.05, 0) is 18.8 Å². The molecule has 100 valence electrons. The van der Waals surface area contributed by atoms with Crippen LogP contribution in [0.1, 0.15) is 12.8 Å². The van der Waals surface area contributed by atoms with E-state index >= 15 is 0 Å². The number of ether oxygens (including phenoxy) is 3. The van der Waals surface area contributed by atoms with Gasteiger partial charge in [0.05, 0.1) is 14.2 Å². The van der Waals surface area contributed by atoms with Crippen LogP contribution in [0.4, 0.5) is 5.69 Å². The van der Waals surface area contributed by atoms with Gasteiger partial charge in [0.1, 0.15) is 11.5 Å². The summed E-state index contributed by atoms with van der Waals surface area (Å²) in [7, 11) is 3.33. The molecule has 0 spiro atoms. The molecule has 0 saturated carbocycles. The summed E-state index contributed by atoms with van der Waals surface area (Å²) >= 11 is 0. The second-order valence-corrected chi connectivity index (χ2v) is 4.54. The molecule has 1 saturated heterocycles. The summed E-state index contributed by atoms with van der Waals surface area (Å²) in [6.45, 7) is 2.74. The van der Waals surface area contributed by atoms with Crippen LogP contribution >= 0.6 is 0 Å². The Morgan fingerprint density at radius 3 is 2.28 bits per heavy atom. The number of hydrogen-bond donors (Lipinski definition) is 1. The molecule has 0 aliphatic carbocycles. The Balaban J connectivity index is 1.94. The molecule has 1 aromatic carbocycles. The van der Waals surface area contributed by atoms with Crippen molar-refractivity contribution in [2.45, 2.75) is 12.8 Å². The van der Waals surface area contributed by atoms with Crippen LogP contribution in [0, 0.1) is 5.92 Å². The van der Waals surface area contributed by atoms with Crippen LogP contribution in [-0.2, 0) is 4.74 Å². The molecule has 1 aliphatic heterocycles. The highest BCUT2D eigenvalue weighted by Crippen LogP contribution is 2.26. The van der Waals surface area contributed by atoms with Crippen molar-refractivity contribution in [1.29, 1.82) is 0 Å². The minimum Gasteiger partial charge on any atom is -0.497 e. The normalized spacial score (nSPS) is 16.3. The zero-order valence-corrected chi connectivity index (χ0v) is 11.1. The van der Waals surface area contributed by atoms with E-state index in [0.717, 1.165) is 49.8 Å². The molecule has 0 radical (unpaired) electrons. The van der Waals surface area contributed by atoms with E-state index in [-0.39, 0.29) is 0 Å². The zero-order chi connectivity index (χ0) is 12.8. The summed E-state index contributed by atoms with van der Waals surface area (Å²) in [6, 6.07) is 5.85. The van der Waals surface area contributed by atoms with E-state index in [2.05, 4.69) is 5.32 Å². The summed E-state index contributed by atoms with van der Waals surface area (Å²) in [5, 5.41) is 3.45. The maximum absolute atomic E-state index is 5.36. The van der Waals surface area contributed by atoms with E-state index in [1.807, 2.05) is 18.2 Å². The van der Waals surface area contributed by atoms with E-state index in [0.29, 0.717) is 5.92 Å². The number of hydrogen-bond acceptors (Lipinski definition) is 4. The van der Waals surface area contributed by atoms with Crippen LogP contribution in [0.3, 0.4) is 0 Å². The maximum atomic E-state index is 5.36. The van der Waals surface area contributed by atoms with E-state index in [9.17, 15) is 0 Å². The van der Waals surface area contributed by atoms with Crippen molar-refractivity contribution in [2.24, 2.45) is 5.92 Å². The maximum Gasteiger partial charge on any atom is 0.124 e. The van der Waals surface area contributed by atoms with Crippen LogP contribution in [0.5, 0.6) is 11.5 Å². The molecule has 0 atom stereocenters. The first-order valence-electron chi connectivity index (χ1n) is 6.36. The highest BCUT2D eigenvalue weighted by Gasteiger charge is 2.13. The third kappa shape index (κ3) is 3.53. The highest BCUT2D eigenvalue weighted by atomic mass is 16.5. The van der Waals surface area contributed by atoms with Gasteiger partial charge in [0.25, 0.3) is 0 Å². The molecule has 1 N–H and O–H groups in total. The Hall–Kier alpha value is -1.42. The predicted octanol–water partition coefficient (Wildman–Crippen LogP) is 2.54. The van der Waals surface area contributed by atoms with Gasteiger partial charge < -0.3 is 19.5 Å². The van der Waals surface area contributed by atoms with Crippen LogP contribution in [0.15, 0.2) is 18.2 Å². The van der Waals surface area contributed by atoms with E-state index in [1.54, 1.807) is 14.2 Å². The first-order valence-corrected chi connectivity index (χ1v) is 6.36. The number of methoxy groups -OCH3 is 2. The summed E-state index contributed by atoms with van der Waals surface area (Å²) in [6.07, 6.45) is 2.27. The lowest BCUT2D eigenvalue weighted by atomic mass is 10.0. The van der Waals surface area contributed by atoms with E-state index < -0.39 is 0 Å². The molecular weight excluding hydrogens is 230 g/mol. The van der Waals surface area contributed by atoms with Gasteiger partial charge in [0, 0.05) is 43.6 Å². The zero-order valence-electron chi connectivity index (χ0n) is 11.1. The quantitative estimate of drug-likeness (QED) is 0.873. The molecule has 1 fully saturated rings. The van der Waals surface area contributed by atoms with Crippen LogP contribution in [0.2, 0.25) is 0 Å². The fourth-order valence-electron chi connectivity index (χ4n) is 2.12. The van der Waals surface area contributed by atoms with Crippen LogP contribution in [-0.4, -0.2) is 34.0 Å². The molecule has 18 heavy (non-hydrogen) atoms. The monoisotopic (exact) mass is 251 g/mol. The van der Waals surface area contributed by atoms with E-state index in [4.69, 9.17) is 14.2 Å². The number of nitrogens with one attached hydrogen (secondary N) is 1. The Labute approximate surface area is 108 Å². The molecular formula is C14H21NO3. The third-order valence-corrected chi connectivity index (χ3v) is 3.29. The summed E-state index contributed by atoms with van der Waals surface area (Å²) < 4.78 is 15.9. The second kappa shape index (κ2) is 6.50. The van der Waals surface area contributed by atoms with Crippen molar-refractivity contribution in [3.63, 3.8) is 0 Å². The summed E-state index contributed by atoms with van der Waals surface area (Å²) in [5.41, 5.74) is 1.04. The third-order valence-electron chi connectivity index (χ3n) is 3.29. The van der Waals surface area contributed by atoms with Gasteiger partial charge in [-0.1, -0.05) is 0 Å². The van der Waals surface area contributed by atoms with Crippen molar-refractivity contribution in [2.75, 3.05) is 39.3 Å². The average molecular weight is 251 g/mol. The van der Waals surface area contributed by atoms with Gasteiger partial charge in [0.2, 0.25) is 0 Å². The van der Waals surface area contributed by atoms with Crippen molar-refractivity contribution < 1.29 is 14.2 Å². The number of rotatable bonds is 5. The Kier molecular flexibility index (Phi) is 4.70. The van der Waals surface area contributed by atoms with Gasteiger partial charge in [-0.2, -0.15) is 0 Å². The summed E-state index contributed by atoms with van der Waals surface area (Å²) in [5.74, 6) is 2.31. The van der Waals surface area contributed by atoms with Crippen LogP contribution in [0.25, 0.3) is 0 Å². The molecule has 0 aromatic heterocycles. The lowest BCUT2D eigenvalue weighted by Crippen LogP contribution is -2.22. The SMILES string of the molecule is COc1cc(NCC2CCOCC2)cc(OC)c1. The fourth-order valence-corrected chi connectivity index (χ4v) is 2.12. The van der Waals surface area contributed by atoms with Gasteiger partial charge in [-0.3, -0.25) is 0 Å². The second-order valence-electron chi connectivity index (χ2n) is 4.54. The van der Waals surface area contributed by atoms with Gasteiger partial charge >= 0.3 is 0 Å². The predicted molar refractivity (Wildman–Crippen MR) is 71.6 cm³/mol. The summed E-state index contributed by atoms with van der Waals surface area (Å²) in [4.78, 5) is 0. The molecule has 1 aromatic rings.